The number of amides is 1. The van der Waals surface area contributed by atoms with E-state index in [0.29, 0.717) is 18.5 Å². The average Bonchev–Trinajstić information content (AvgIpc) is 2.26. The van der Waals surface area contributed by atoms with Gasteiger partial charge in [-0.15, -0.1) is 0 Å². The van der Waals surface area contributed by atoms with E-state index in [0.717, 1.165) is 25.9 Å². The zero-order valence-electron chi connectivity index (χ0n) is 12.6. The number of nitrogens with zero attached hydrogens (tertiary/aromatic N) is 1. The molecule has 2 N–H and O–H groups in total. The molecule has 2 atom stereocenters. The van der Waals surface area contributed by atoms with E-state index < -0.39 is 5.60 Å². The number of piperidine rings is 1. The first-order chi connectivity index (χ1) is 8.81. The molecule has 19 heavy (non-hydrogen) atoms. The molecule has 0 saturated carbocycles. The molecule has 0 spiro atoms. The molecule has 112 valence electrons. The summed E-state index contributed by atoms with van der Waals surface area (Å²) >= 11 is 0. The van der Waals surface area contributed by atoms with Gasteiger partial charge in [-0.1, -0.05) is 6.92 Å². The predicted molar refractivity (Wildman–Crippen MR) is 75.1 cm³/mol. The number of ether oxygens (including phenoxy) is 1. The number of nitrogens with one attached hydrogen (secondary N) is 1. The van der Waals surface area contributed by atoms with E-state index in [-0.39, 0.29) is 12.7 Å². The third kappa shape index (κ3) is 6.25. The van der Waals surface area contributed by atoms with Crippen molar-refractivity contribution in [3.05, 3.63) is 0 Å². The topological polar surface area (TPSA) is 61.8 Å². The van der Waals surface area contributed by atoms with E-state index in [1.54, 1.807) is 4.90 Å². The van der Waals surface area contributed by atoms with E-state index >= 15 is 0 Å². The van der Waals surface area contributed by atoms with Crippen molar-refractivity contribution in [2.24, 2.45) is 5.92 Å². The number of rotatable bonds is 4. The molecular formula is C14H28N2O3. The number of hydrogen-bond donors (Lipinski definition) is 2. The molecule has 1 aliphatic heterocycles. The van der Waals surface area contributed by atoms with Gasteiger partial charge in [0.05, 0.1) is 0 Å². The summed E-state index contributed by atoms with van der Waals surface area (Å²) in [6.07, 6.45) is 1.58. The van der Waals surface area contributed by atoms with Crippen LogP contribution in [0.3, 0.4) is 0 Å². The minimum absolute atomic E-state index is 0.199. The Bertz CT molecular complexity index is 289. The van der Waals surface area contributed by atoms with Crippen LogP contribution >= 0.6 is 0 Å². The highest BCUT2D eigenvalue weighted by Crippen LogP contribution is 2.19. The summed E-state index contributed by atoms with van der Waals surface area (Å²) in [5.41, 5.74) is -0.447. The first-order valence-electron chi connectivity index (χ1n) is 7.14. The summed E-state index contributed by atoms with van der Waals surface area (Å²) in [5, 5.41) is 12.2. The van der Waals surface area contributed by atoms with Gasteiger partial charge in [-0.25, -0.2) is 4.79 Å². The largest absolute Gasteiger partial charge is 0.444 e. The number of likely N-dealkylation sites (tertiary alicyclic amines) is 1. The van der Waals surface area contributed by atoms with E-state index in [9.17, 15) is 4.79 Å². The maximum absolute atomic E-state index is 12.1. The predicted octanol–water partition coefficient (Wildman–Crippen LogP) is 1.60. The molecule has 0 aromatic heterocycles. The van der Waals surface area contributed by atoms with Crippen molar-refractivity contribution in [2.75, 3.05) is 26.2 Å². The first-order valence-corrected chi connectivity index (χ1v) is 7.14. The molecule has 1 aliphatic rings. The minimum atomic E-state index is -0.447. The second-order valence-corrected chi connectivity index (χ2v) is 6.45. The van der Waals surface area contributed by atoms with Gasteiger partial charge in [0.1, 0.15) is 5.60 Å². The van der Waals surface area contributed by atoms with Crippen LogP contribution in [0.1, 0.15) is 40.5 Å². The number of aliphatic hydroxyl groups excluding tert-OH is 1. The van der Waals surface area contributed by atoms with E-state index in [1.807, 2.05) is 20.8 Å². The average molecular weight is 272 g/mol. The number of carbonyl (C=O) groups is 1. The highest BCUT2D eigenvalue weighted by molar-refractivity contribution is 5.68. The van der Waals surface area contributed by atoms with Crippen LogP contribution in [0.4, 0.5) is 4.79 Å². The maximum Gasteiger partial charge on any atom is 0.410 e. The Morgan fingerprint density at radius 2 is 2.11 bits per heavy atom. The van der Waals surface area contributed by atoms with Gasteiger partial charge in [-0.3, -0.25) is 0 Å². The second-order valence-electron chi connectivity index (χ2n) is 6.45. The van der Waals surface area contributed by atoms with E-state index in [1.165, 1.54) is 0 Å². The van der Waals surface area contributed by atoms with Crippen molar-refractivity contribution < 1.29 is 14.6 Å². The molecule has 1 amide bonds. The Labute approximate surface area is 116 Å². The lowest BCUT2D eigenvalue weighted by molar-refractivity contribution is 0.0137. The smallest absolute Gasteiger partial charge is 0.410 e. The fourth-order valence-electron chi connectivity index (χ4n) is 2.36. The van der Waals surface area contributed by atoms with Crippen LogP contribution < -0.4 is 5.32 Å². The Balaban J connectivity index is 2.47. The third-order valence-corrected chi connectivity index (χ3v) is 3.08. The summed E-state index contributed by atoms with van der Waals surface area (Å²) in [7, 11) is 0. The van der Waals surface area contributed by atoms with Crippen LogP contribution in [0, 0.1) is 5.92 Å². The van der Waals surface area contributed by atoms with E-state index in [2.05, 4.69) is 12.2 Å². The standard InChI is InChI=1S/C14H28N2O3/c1-11-8-12(15-6-5-7-17)10-16(9-11)13(18)19-14(2,3)4/h11-12,15,17H,5-10H2,1-4H3. The van der Waals surface area contributed by atoms with Crippen molar-refractivity contribution in [1.82, 2.24) is 10.2 Å². The van der Waals surface area contributed by atoms with Gasteiger partial charge in [0, 0.05) is 25.7 Å². The van der Waals surface area contributed by atoms with Crippen LogP contribution in [0.25, 0.3) is 0 Å². The molecule has 0 radical (unpaired) electrons. The van der Waals surface area contributed by atoms with Gasteiger partial charge in [0.25, 0.3) is 0 Å². The minimum Gasteiger partial charge on any atom is -0.444 e. The van der Waals surface area contributed by atoms with Gasteiger partial charge >= 0.3 is 6.09 Å². The summed E-state index contributed by atoms with van der Waals surface area (Å²) in [4.78, 5) is 13.9. The van der Waals surface area contributed by atoms with Gasteiger partial charge in [-0.05, 0) is 46.1 Å². The fraction of sp³-hybridized carbons (Fsp3) is 0.929. The molecule has 0 aromatic rings. The van der Waals surface area contributed by atoms with Crippen molar-refractivity contribution in [1.29, 1.82) is 0 Å². The Kier molecular flexibility index (Phi) is 6.07. The summed E-state index contributed by atoms with van der Waals surface area (Å²) in [6.45, 7) is 10.2. The van der Waals surface area contributed by atoms with Crippen LogP contribution in [0.5, 0.6) is 0 Å². The van der Waals surface area contributed by atoms with Gasteiger partial charge in [0.2, 0.25) is 0 Å². The molecule has 0 aromatic carbocycles. The molecule has 0 aliphatic carbocycles. The molecule has 1 heterocycles. The fourth-order valence-corrected chi connectivity index (χ4v) is 2.36. The van der Waals surface area contributed by atoms with Crippen LogP contribution in [-0.2, 0) is 4.74 Å². The van der Waals surface area contributed by atoms with Crippen LogP contribution in [0.2, 0.25) is 0 Å². The van der Waals surface area contributed by atoms with Crippen molar-refractivity contribution in [2.45, 2.75) is 52.2 Å². The summed E-state index contributed by atoms with van der Waals surface area (Å²) in [6, 6.07) is 0.294. The Morgan fingerprint density at radius 1 is 1.42 bits per heavy atom. The maximum atomic E-state index is 12.1. The van der Waals surface area contributed by atoms with Gasteiger partial charge in [0.15, 0.2) is 0 Å². The van der Waals surface area contributed by atoms with E-state index in [4.69, 9.17) is 9.84 Å². The highest BCUT2D eigenvalue weighted by Gasteiger charge is 2.30. The van der Waals surface area contributed by atoms with Crippen molar-refractivity contribution in [3.63, 3.8) is 0 Å². The van der Waals surface area contributed by atoms with Gasteiger partial charge < -0.3 is 20.1 Å². The van der Waals surface area contributed by atoms with Crippen molar-refractivity contribution >= 4 is 6.09 Å². The molecule has 5 nitrogen and oxygen atoms in total. The third-order valence-electron chi connectivity index (χ3n) is 3.08. The molecule has 1 saturated heterocycles. The Hall–Kier alpha value is -0.810. The Morgan fingerprint density at radius 3 is 2.68 bits per heavy atom. The zero-order valence-corrected chi connectivity index (χ0v) is 12.6. The summed E-state index contributed by atoms with van der Waals surface area (Å²) in [5.74, 6) is 0.466. The lowest BCUT2D eigenvalue weighted by atomic mass is 9.96. The number of carbonyl (C=O) groups excluding carboxylic acids is 1. The molecule has 2 unspecified atom stereocenters. The zero-order chi connectivity index (χ0) is 14.5. The van der Waals surface area contributed by atoms with Crippen molar-refractivity contribution in [3.8, 4) is 0 Å². The number of hydrogen-bond acceptors (Lipinski definition) is 4. The summed E-state index contributed by atoms with van der Waals surface area (Å²) < 4.78 is 5.42. The lowest BCUT2D eigenvalue weighted by Crippen LogP contribution is -2.52. The molecule has 1 rings (SSSR count). The second kappa shape index (κ2) is 7.10. The van der Waals surface area contributed by atoms with Gasteiger partial charge in [-0.2, -0.15) is 0 Å². The first kappa shape index (κ1) is 16.2. The normalized spacial score (nSPS) is 24.4. The highest BCUT2D eigenvalue weighted by atomic mass is 16.6. The molecule has 0 bridgehead atoms. The van der Waals surface area contributed by atoms with Crippen LogP contribution in [-0.4, -0.2) is 54.0 Å². The van der Waals surface area contributed by atoms with Crippen LogP contribution in [0.15, 0.2) is 0 Å². The molecule has 1 fully saturated rings. The monoisotopic (exact) mass is 272 g/mol. The number of aliphatic hydroxyl groups is 1. The SMILES string of the molecule is CC1CC(NCCCO)CN(C(=O)OC(C)(C)C)C1. The molecule has 5 heteroatoms. The molecular weight excluding hydrogens is 244 g/mol. The quantitative estimate of drug-likeness (QED) is 0.763. The lowest BCUT2D eigenvalue weighted by Gasteiger charge is -2.37.